The fourth-order valence-corrected chi connectivity index (χ4v) is 4.02. The largest absolute Gasteiger partial charge is 0.338 e. The Bertz CT molecular complexity index is 442. The maximum absolute atomic E-state index is 5.95. The highest BCUT2D eigenvalue weighted by molar-refractivity contribution is 5.03. The third-order valence-electron chi connectivity index (χ3n) is 5.33. The van der Waals surface area contributed by atoms with E-state index in [2.05, 4.69) is 47.9 Å². The maximum atomic E-state index is 5.95. The number of rotatable bonds is 6. The van der Waals surface area contributed by atoms with Crippen molar-refractivity contribution in [1.29, 1.82) is 0 Å². The summed E-state index contributed by atoms with van der Waals surface area (Å²) < 4.78 is 2.10. The van der Waals surface area contributed by atoms with Crippen molar-refractivity contribution in [2.45, 2.75) is 57.0 Å². The van der Waals surface area contributed by atoms with Gasteiger partial charge in [0.15, 0.2) is 0 Å². The second-order valence-electron chi connectivity index (χ2n) is 6.91. The Labute approximate surface area is 128 Å². The Morgan fingerprint density at radius 2 is 2.33 bits per heavy atom. The fourth-order valence-electron chi connectivity index (χ4n) is 4.02. The molecule has 0 radical (unpaired) electrons. The molecule has 1 aromatic heterocycles. The number of nitrogens with two attached hydrogens (primary N) is 1. The number of nitrogens with zero attached hydrogens (tertiary/aromatic N) is 3. The molecule has 0 spiro atoms. The Balaban J connectivity index is 2.10. The minimum absolute atomic E-state index is 0.164. The molecule has 0 aromatic carbocycles. The number of imidazole rings is 1. The predicted molar refractivity (Wildman–Crippen MR) is 86.7 cm³/mol. The van der Waals surface area contributed by atoms with Gasteiger partial charge in [0.1, 0.15) is 5.82 Å². The quantitative estimate of drug-likeness (QED) is 0.619. The van der Waals surface area contributed by atoms with Crippen molar-refractivity contribution >= 4 is 0 Å². The van der Waals surface area contributed by atoms with Gasteiger partial charge in [0.2, 0.25) is 0 Å². The Hall–Kier alpha value is -0.910. The molecule has 1 aromatic rings. The Morgan fingerprint density at radius 1 is 1.57 bits per heavy atom. The molecule has 3 N–H and O–H groups in total. The SMILES string of the molecule is CC1CCCC(C(CCc2nccn2C)NN)(N(C)C)C1. The lowest BCUT2D eigenvalue weighted by Crippen LogP contribution is -2.62. The van der Waals surface area contributed by atoms with Crippen molar-refractivity contribution in [3.63, 3.8) is 0 Å². The van der Waals surface area contributed by atoms with Crippen molar-refractivity contribution < 1.29 is 0 Å². The number of nitrogens with one attached hydrogen (secondary N) is 1. The van der Waals surface area contributed by atoms with Crippen LogP contribution >= 0.6 is 0 Å². The van der Waals surface area contributed by atoms with Gasteiger partial charge in [0.25, 0.3) is 0 Å². The van der Waals surface area contributed by atoms with E-state index in [9.17, 15) is 0 Å². The van der Waals surface area contributed by atoms with Crippen LogP contribution < -0.4 is 11.3 Å². The topological polar surface area (TPSA) is 59.1 Å². The zero-order chi connectivity index (χ0) is 15.5. The minimum atomic E-state index is 0.164. The van der Waals surface area contributed by atoms with Crippen molar-refractivity contribution in [3.8, 4) is 0 Å². The van der Waals surface area contributed by atoms with Gasteiger partial charge in [-0.3, -0.25) is 11.3 Å². The highest BCUT2D eigenvalue weighted by Crippen LogP contribution is 2.39. The van der Waals surface area contributed by atoms with Gasteiger partial charge in [-0.2, -0.15) is 0 Å². The van der Waals surface area contributed by atoms with E-state index < -0.39 is 0 Å². The molecule has 3 unspecified atom stereocenters. The monoisotopic (exact) mass is 293 g/mol. The Kier molecular flexibility index (Phi) is 5.41. The van der Waals surface area contributed by atoms with Crippen LogP contribution in [0.1, 0.15) is 44.9 Å². The van der Waals surface area contributed by atoms with Crippen molar-refractivity contribution in [2.24, 2.45) is 18.8 Å². The molecule has 1 aliphatic rings. The molecule has 1 saturated carbocycles. The number of aromatic nitrogens is 2. The summed E-state index contributed by atoms with van der Waals surface area (Å²) in [6, 6.07) is 0.298. The zero-order valence-corrected chi connectivity index (χ0v) is 14.0. The lowest BCUT2D eigenvalue weighted by atomic mass is 9.70. The van der Waals surface area contributed by atoms with Crippen LogP contribution in [-0.4, -0.2) is 40.1 Å². The number of hydrogen-bond donors (Lipinski definition) is 2. The average Bonchev–Trinajstić information content (AvgIpc) is 2.85. The molecule has 3 atom stereocenters. The molecule has 5 nitrogen and oxygen atoms in total. The molecule has 120 valence electrons. The van der Waals surface area contributed by atoms with Gasteiger partial charge >= 0.3 is 0 Å². The molecule has 1 fully saturated rings. The number of likely N-dealkylation sites (N-methyl/N-ethyl adjacent to an activating group) is 1. The van der Waals surface area contributed by atoms with Crippen LogP contribution in [0.2, 0.25) is 0 Å². The smallest absolute Gasteiger partial charge is 0.108 e. The van der Waals surface area contributed by atoms with E-state index in [1.807, 2.05) is 12.4 Å². The summed E-state index contributed by atoms with van der Waals surface area (Å²) in [5.74, 6) is 7.85. The number of hydrogen-bond acceptors (Lipinski definition) is 4. The number of aryl methyl sites for hydroxylation is 2. The number of hydrazine groups is 1. The first kappa shape index (κ1) is 16.5. The lowest BCUT2D eigenvalue weighted by Gasteiger charge is -2.50. The molecule has 0 amide bonds. The third-order valence-corrected chi connectivity index (χ3v) is 5.33. The van der Waals surface area contributed by atoms with Gasteiger partial charge in [-0.1, -0.05) is 19.8 Å². The Morgan fingerprint density at radius 3 is 2.86 bits per heavy atom. The molecule has 0 saturated heterocycles. The van der Waals surface area contributed by atoms with Crippen LogP contribution in [0.4, 0.5) is 0 Å². The van der Waals surface area contributed by atoms with E-state index in [0.29, 0.717) is 6.04 Å². The molecule has 0 aliphatic heterocycles. The van der Waals surface area contributed by atoms with Gasteiger partial charge in [-0.15, -0.1) is 0 Å². The highest BCUT2D eigenvalue weighted by Gasteiger charge is 2.43. The average molecular weight is 293 g/mol. The maximum Gasteiger partial charge on any atom is 0.108 e. The second-order valence-corrected chi connectivity index (χ2v) is 6.91. The summed E-state index contributed by atoms with van der Waals surface area (Å²) in [6.45, 7) is 2.36. The molecular weight excluding hydrogens is 262 g/mol. The summed E-state index contributed by atoms with van der Waals surface area (Å²) in [5, 5.41) is 0. The van der Waals surface area contributed by atoms with Crippen molar-refractivity contribution in [2.75, 3.05) is 14.1 Å². The summed E-state index contributed by atoms with van der Waals surface area (Å²) in [4.78, 5) is 6.82. The molecule has 5 heteroatoms. The van der Waals surface area contributed by atoms with Crippen LogP contribution in [0.3, 0.4) is 0 Å². The van der Waals surface area contributed by atoms with Gasteiger partial charge in [-0.25, -0.2) is 4.98 Å². The summed E-state index contributed by atoms with van der Waals surface area (Å²) in [7, 11) is 6.45. The molecular formula is C16H31N5. The normalized spacial score (nSPS) is 28.0. The van der Waals surface area contributed by atoms with Crippen LogP contribution in [0.5, 0.6) is 0 Å². The van der Waals surface area contributed by atoms with E-state index in [1.165, 1.54) is 25.7 Å². The van der Waals surface area contributed by atoms with Crippen LogP contribution in [0.25, 0.3) is 0 Å². The van der Waals surface area contributed by atoms with Crippen LogP contribution in [-0.2, 0) is 13.5 Å². The van der Waals surface area contributed by atoms with Crippen LogP contribution in [0, 0.1) is 5.92 Å². The van der Waals surface area contributed by atoms with E-state index in [-0.39, 0.29) is 5.54 Å². The lowest BCUT2D eigenvalue weighted by molar-refractivity contribution is 0.0342. The summed E-state index contributed by atoms with van der Waals surface area (Å²) in [5.41, 5.74) is 3.28. The molecule has 1 aliphatic carbocycles. The minimum Gasteiger partial charge on any atom is -0.338 e. The molecule has 0 bridgehead atoms. The van der Waals surface area contributed by atoms with E-state index in [1.54, 1.807) is 0 Å². The predicted octanol–water partition coefficient (Wildman–Crippen LogP) is 1.70. The first-order valence-corrected chi connectivity index (χ1v) is 8.09. The van der Waals surface area contributed by atoms with Gasteiger partial charge < -0.3 is 9.47 Å². The standard InChI is InChI=1S/C16H31N5/c1-13-6-5-9-16(12-13,20(2)3)14(19-17)7-8-15-18-10-11-21(15)4/h10-11,13-14,19H,5-9,12,17H2,1-4H3. The van der Waals surface area contributed by atoms with E-state index in [0.717, 1.165) is 24.6 Å². The van der Waals surface area contributed by atoms with E-state index >= 15 is 0 Å². The zero-order valence-electron chi connectivity index (χ0n) is 14.0. The highest BCUT2D eigenvalue weighted by atomic mass is 15.3. The van der Waals surface area contributed by atoms with Crippen LogP contribution in [0.15, 0.2) is 12.4 Å². The van der Waals surface area contributed by atoms with Crippen molar-refractivity contribution in [1.82, 2.24) is 19.9 Å². The van der Waals surface area contributed by atoms with Gasteiger partial charge in [-0.05, 0) is 39.3 Å². The van der Waals surface area contributed by atoms with Gasteiger partial charge in [0, 0.05) is 37.4 Å². The van der Waals surface area contributed by atoms with E-state index in [4.69, 9.17) is 5.84 Å². The van der Waals surface area contributed by atoms with Crippen molar-refractivity contribution in [3.05, 3.63) is 18.2 Å². The summed E-state index contributed by atoms with van der Waals surface area (Å²) >= 11 is 0. The third kappa shape index (κ3) is 3.47. The first-order valence-electron chi connectivity index (χ1n) is 8.09. The molecule has 2 rings (SSSR count). The summed E-state index contributed by atoms with van der Waals surface area (Å²) in [6.07, 6.45) is 10.9. The first-order chi connectivity index (χ1) is 9.99. The van der Waals surface area contributed by atoms with Gasteiger partial charge in [0.05, 0.1) is 0 Å². The fraction of sp³-hybridized carbons (Fsp3) is 0.812. The molecule has 21 heavy (non-hydrogen) atoms. The molecule has 1 heterocycles. The second kappa shape index (κ2) is 6.90.